The molecule has 0 saturated carbocycles. The van der Waals surface area contributed by atoms with Crippen molar-refractivity contribution in [3.05, 3.63) is 65.5 Å². The number of rotatable bonds is 4. The molecule has 0 aliphatic heterocycles. The van der Waals surface area contributed by atoms with Crippen molar-refractivity contribution in [3.8, 4) is 0 Å². The number of hydrogen-bond acceptors (Lipinski definition) is 4. The summed E-state index contributed by atoms with van der Waals surface area (Å²) in [5.74, 6) is 5.47. The first kappa shape index (κ1) is 13.7. The molecule has 3 N–H and O–H groups in total. The maximum atomic E-state index is 13.2. The Kier molecular flexibility index (Phi) is 3.64. The minimum absolute atomic E-state index is 0.115. The lowest BCUT2D eigenvalue weighted by Crippen LogP contribution is -2.29. The molecule has 1 aromatic carbocycles. The highest BCUT2D eigenvalue weighted by atomic mass is 19.1. The van der Waals surface area contributed by atoms with E-state index in [9.17, 15) is 4.39 Å². The van der Waals surface area contributed by atoms with Crippen LogP contribution < -0.4 is 11.3 Å². The van der Waals surface area contributed by atoms with E-state index < -0.39 is 0 Å². The molecule has 0 saturated heterocycles. The lowest BCUT2D eigenvalue weighted by atomic mass is 9.97. The molecule has 21 heavy (non-hydrogen) atoms. The van der Waals surface area contributed by atoms with Crippen LogP contribution in [0, 0.1) is 12.7 Å². The first-order valence-corrected chi connectivity index (χ1v) is 6.67. The minimum Gasteiger partial charge on any atom is -0.271 e. The predicted octanol–water partition coefficient (Wildman–Crippen LogP) is 1.92. The van der Waals surface area contributed by atoms with E-state index in [1.54, 1.807) is 35.4 Å². The van der Waals surface area contributed by atoms with Gasteiger partial charge in [-0.2, -0.15) is 5.10 Å². The van der Waals surface area contributed by atoms with Gasteiger partial charge in [-0.25, -0.2) is 8.91 Å². The van der Waals surface area contributed by atoms with Crippen LogP contribution in [0.2, 0.25) is 0 Å². The topological polar surface area (TPSA) is 68.2 Å². The zero-order valence-electron chi connectivity index (χ0n) is 11.6. The quantitative estimate of drug-likeness (QED) is 0.567. The van der Waals surface area contributed by atoms with E-state index >= 15 is 0 Å². The van der Waals surface area contributed by atoms with E-state index in [1.165, 1.54) is 12.1 Å². The zero-order valence-corrected chi connectivity index (χ0v) is 11.6. The molecule has 1 atom stereocenters. The van der Waals surface area contributed by atoms with E-state index in [1.807, 2.05) is 6.92 Å². The Bertz CT molecular complexity index is 768. The summed E-state index contributed by atoms with van der Waals surface area (Å²) in [4.78, 5) is 4.12. The van der Waals surface area contributed by atoms with Gasteiger partial charge in [0.05, 0.1) is 24.0 Å². The van der Waals surface area contributed by atoms with Gasteiger partial charge in [0, 0.05) is 18.0 Å². The van der Waals surface area contributed by atoms with E-state index in [-0.39, 0.29) is 11.9 Å². The van der Waals surface area contributed by atoms with Gasteiger partial charge in [-0.3, -0.25) is 16.3 Å². The van der Waals surface area contributed by atoms with Gasteiger partial charge in [-0.1, -0.05) is 6.07 Å². The molecule has 3 rings (SSSR count). The SMILES string of the molecule is Cc1cc(F)ccc1CC(NN)c1cnn2ccncc12. The Morgan fingerprint density at radius 2 is 2.24 bits per heavy atom. The molecule has 0 aliphatic carbocycles. The first-order chi connectivity index (χ1) is 10.2. The molecule has 0 bridgehead atoms. The van der Waals surface area contributed by atoms with Crippen LogP contribution in [0.3, 0.4) is 0 Å². The van der Waals surface area contributed by atoms with Crippen molar-refractivity contribution in [2.24, 2.45) is 5.84 Å². The van der Waals surface area contributed by atoms with Crippen molar-refractivity contribution in [3.63, 3.8) is 0 Å². The van der Waals surface area contributed by atoms with E-state index in [0.29, 0.717) is 6.42 Å². The van der Waals surface area contributed by atoms with Gasteiger partial charge in [0.15, 0.2) is 0 Å². The summed E-state index contributed by atoms with van der Waals surface area (Å²) in [5.41, 5.74) is 6.63. The van der Waals surface area contributed by atoms with Crippen molar-refractivity contribution in [1.29, 1.82) is 0 Å². The second-order valence-corrected chi connectivity index (χ2v) is 5.00. The third-order valence-corrected chi connectivity index (χ3v) is 3.66. The van der Waals surface area contributed by atoms with Crippen LogP contribution in [-0.4, -0.2) is 14.6 Å². The van der Waals surface area contributed by atoms with Gasteiger partial charge in [-0.15, -0.1) is 0 Å². The van der Waals surface area contributed by atoms with Crippen LogP contribution in [-0.2, 0) is 6.42 Å². The van der Waals surface area contributed by atoms with Crippen LogP contribution in [0.5, 0.6) is 0 Å². The number of nitrogens with two attached hydrogens (primary N) is 1. The normalized spacial score (nSPS) is 12.7. The maximum absolute atomic E-state index is 13.2. The Balaban J connectivity index is 1.95. The van der Waals surface area contributed by atoms with Crippen LogP contribution in [0.15, 0.2) is 43.0 Å². The largest absolute Gasteiger partial charge is 0.271 e. The van der Waals surface area contributed by atoms with E-state index in [2.05, 4.69) is 15.5 Å². The molecule has 3 aromatic rings. The highest BCUT2D eigenvalue weighted by Crippen LogP contribution is 2.23. The zero-order chi connectivity index (χ0) is 14.8. The fraction of sp³-hybridized carbons (Fsp3) is 0.200. The average Bonchev–Trinajstić information content (AvgIpc) is 2.91. The number of nitrogens with one attached hydrogen (secondary N) is 1. The first-order valence-electron chi connectivity index (χ1n) is 6.67. The van der Waals surface area contributed by atoms with Crippen molar-refractivity contribution in [1.82, 2.24) is 20.0 Å². The number of hydrogen-bond donors (Lipinski definition) is 2. The van der Waals surface area contributed by atoms with Gasteiger partial charge in [0.2, 0.25) is 0 Å². The molecule has 0 aliphatic rings. The number of aromatic nitrogens is 3. The van der Waals surface area contributed by atoms with Crippen molar-refractivity contribution in [2.75, 3.05) is 0 Å². The smallest absolute Gasteiger partial charge is 0.123 e. The number of benzene rings is 1. The molecule has 5 nitrogen and oxygen atoms in total. The molecular formula is C15H16FN5. The fourth-order valence-corrected chi connectivity index (χ4v) is 2.49. The predicted molar refractivity (Wildman–Crippen MR) is 77.9 cm³/mol. The van der Waals surface area contributed by atoms with Crippen molar-refractivity contribution in [2.45, 2.75) is 19.4 Å². The number of nitrogens with zero attached hydrogens (tertiary/aromatic N) is 3. The molecule has 0 spiro atoms. The molecule has 2 aromatic heterocycles. The summed E-state index contributed by atoms with van der Waals surface area (Å²) >= 11 is 0. The van der Waals surface area contributed by atoms with E-state index in [4.69, 9.17) is 5.84 Å². The minimum atomic E-state index is -0.228. The molecule has 0 radical (unpaired) electrons. The van der Waals surface area contributed by atoms with Crippen LogP contribution in [0.4, 0.5) is 4.39 Å². The second-order valence-electron chi connectivity index (χ2n) is 5.00. The Hall–Kier alpha value is -2.31. The van der Waals surface area contributed by atoms with Gasteiger partial charge in [0.25, 0.3) is 0 Å². The Morgan fingerprint density at radius 3 is 3.00 bits per heavy atom. The summed E-state index contributed by atoms with van der Waals surface area (Å²) in [5, 5.41) is 4.29. The van der Waals surface area contributed by atoms with Crippen LogP contribution in [0.25, 0.3) is 5.52 Å². The standard InChI is InChI=1S/C15H16FN5/c1-10-6-12(16)3-2-11(10)7-14(20-17)13-8-19-21-5-4-18-9-15(13)21/h2-6,8-9,14,20H,7,17H2,1H3. The molecule has 108 valence electrons. The van der Waals surface area contributed by atoms with Crippen molar-refractivity contribution < 1.29 is 4.39 Å². The molecular weight excluding hydrogens is 269 g/mol. The Morgan fingerprint density at radius 1 is 1.38 bits per heavy atom. The van der Waals surface area contributed by atoms with Crippen molar-refractivity contribution >= 4 is 5.52 Å². The third kappa shape index (κ3) is 2.63. The molecule has 0 fully saturated rings. The van der Waals surface area contributed by atoms with Crippen LogP contribution >= 0.6 is 0 Å². The average molecular weight is 285 g/mol. The maximum Gasteiger partial charge on any atom is 0.123 e. The molecule has 2 heterocycles. The summed E-state index contributed by atoms with van der Waals surface area (Å²) in [6, 6.07) is 4.67. The molecule has 6 heteroatoms. The van der Waals surface area contributed by atoms with Gasteiger partial charge in [-0.05, 0) is 36.6 Å². The number of aryl methyl sites for hydroxylation is 1. The summed E-state index contributed by atoms with van der Waals surface area (Å²) in [6.07, 6.45) is 7.65. The van der Waals surface area contributed by atoms with E-state index in [0.717, 1.165) is 22.2 Å². The van der Waals surface area contributed by atoms with Gasteiger partial charge < -0.3 is 0 Å². The highest BCUT2D eigenvalue weighted by Gasteiger charge is 2.17. The number of hydrazine groups is 1. The number of halogens is 1. The monoisotopic (exact) mass is 285 g/mol. The summed E-state index contributed by atoms with van der Waals surface area (Å²) < 4.78 is 14.9. The van der Waals surface area contributed by atoms with Crippen LogP contribution in [0.1, 0.15) is 22.7 Å². The fourth-order valence-electron chi connectivity index (χ4n) is 2.49. The summed E-state index contributed by atoms with van der Waals surface area (Å²) in [7, 11) is 0. The molecule has 0 amide bonds. The van der Waals surface area contributed by atoms with Gasteiger partial charge in [0.1, 0.15) is 5.82 Å². The number of fused-ring (bicyclic) bond motifs is 1. The van der Waals surface area contributed by atoms with Gasteiger partial charge >= 0.3 is 0 Å². The lowest BCUT2D eigenvalue weighted by molar-refractivity contribution is 0.552. The highest BCUT2D eigenvalue weighted by molar-refractivity contribution is 5.53. The lowest BCUT2D eigenvalue weighted by Gasteiger charge is -2.16. The summed E-state index contributed by atoms with van der Waals surface area (Å²) in [6.45, 7) is 1.89. The molecule has 1 unspecified atom stereocenters. The third-order valence-electron chi connectivity index (χ3n) is 3.66. The second kappa shape index (κ2) is 5.59. The Labute approximate surface area is 121 Å².